The van der Waals surface area contributed by atoms with Gasteiger partial charge in [0.2, 0.25) is 5.91 Å². The molecule has 0 aliphatic carbocycles. The number of carbonyl (C=O) groups is 1. The van der Waals surface area contributed by atoms with E-state index < -0.39 is 0 Å². The van der Waals surface area contributed by atoms with E-state index in [2.05, 4.69) is 21.4 Å². The maximum absolute atomic E-state index is 11.0. The summed E-state index contributed by atoms with van der Waals surface area (Å²) in [7, 11) is 0. The molecule has 1 aromatic heterocycles. The molecule has 2 aromatic rings. The van der Waals surface area contributed by atoms with Crippen molar-refractivity contribution >= 4 is 16.9 Å². The summed E-state index contributed by atoms with van der Waals surface area (Å²) in [6.45, 7) is 6.67. The molecule has 1 aromatic carbocycles. The molecule has 1 heterocycles. The lowest BCUT2D eigenvalue weighted by atomic mass is 10.3. The van der Waals surface area contributed by atoms with E-state index >= 15 is 0 Å². The number of carbonyl (C=O) groups excluding carboxylic acids is 1. The molecule has 0 saturated heterocycles. The van der Waals surface area contributed by atoms with E-state index in [0.29, 0.717) is 13.1 Å². The molecule has 17 heavy (non-hydrogen) atoms. The fourth-order valence-corrected chi connectivity index (χ4v) is 1.84. The highest BCUT2D eigenvalue weighted by Gasteiger charge is 2.05. The van der Waals surface area contributed by atoms with Crippen LogP contribution in [-0.2, 0) is 11.3 Å². The van der Waals surface area contributed by atoms with Gasteiger partial charge < -0.3 is 9.88 Å². The molecule has 0 atom stereocenters. The summed E-state index contributed by atoms with van der Waals surface area (Å²) in [4.78, 5) is 15.5. The van der Waals surface area contributed by atoms with E-state index in [0.717, 1.165) is 16.9 Å². The Morgan fingerprint density at radius 2 is 2.29 bits per heavy atom. The van der Waals surface area contributed by atoms with Crippen molar-refractivity contribution < 1.29 is 4.79 Å². The van der Waals surface area contributed by atoms with E-state index in [9.17, 15) is 4.79 Å². The second-order valence-electron chi connectivity index (χ2n) is 3.79. The molecule has 1 N–H and O–H groups in total. The van der Waals surface area contributed by atoms with Crippen molar-refractivity contribution in [2.24, 2.45) is 0 Å². The van der Waals surface area contributed by atoms with Crippen molar-refractivity contribution in [2.75, 3.05) is 6.54 Å². The number of hydrogen-bond donors (Lipinski definition) is 1. The molecule has 0 aliphatic rings. The van der Waals surface area contributed by atoms with Crippen molar-refractivity contribution in [3.8, 4) is 0 Å². The number of aryl methyl sites for hydroxylation is 1. The predicted octanol–water partition coefficient (Wildman–Crippen LogP) is 1.65. The molecule has 4 nitrogen and oxygen atoms in total. The molecule has 4 heteroatoms. The number of aromatic nitrogens is 2. The first-order chi connectivity index (χ1) is 8.22. The number of nitrogens with zero attached hydrogens (tertiary/aromatic N) is 2. The van der Waals surface area contributed by atoms with E-state index in [1.54, 1.807) is 0 Å². The van der Waals surface area contributed by atoms with Crippen molar-refractivity contribution in [1.29, 1.82) is 0 Å². The summed E-state index contributed by atoms with van der Waals surface area (Å²) in [5, 5.41) is 2.76. The number of fused-ring (bicyclic) bond motifs is 1. The van der Waals surface area contributed by atoms with Crippen LogP contribution in [0, 0.1) is 6.92 Å². The molecule has 0 bridgehead atoms. The third-order valence-electron chi connectivity index (χ3n) is 2.67. The average Bonchev–Trinajstić information content (AvgIpc) is 2.66. The molecule has 0 spiro atoms. The van der Waals surface area contributed by atoms with E-state index in [4.69, 9.17) is 0 Å². The maximum Gasteiger partial charge on any atom is 0.243 e. The van der Waals surface area contributed by atoms with Gasteiger partial charge in [0.25, 0.3) is 0 Å². The van der Waals surface area contributed by atoms with Crippen LogP contribution in [0.3, 0.4) is 0 Å². The fraction of sp³-hybridized carbons (Fsp3) is 0.231. The van der Waals surface area contributed by atoms with Crippen LogP contribution in [0.1, 0.15) is 5.82 Å². The molecule has 0 aliphatic heterocycles. The molecule has 2 rings (SSSR count). The standard InChI is InChI=1S/C13H15N3O/c1-3-13(17)14-8-9-16-10(2)15-11-6-4-5-7-12(11)16/h3-7H,1,8-9H2,2H3,(H,14,17). The number of imidazole rings is 1. The molecule has 0 saturated carbocycles. The zero-order valence-corrected chi connectivity index (χ0v) is 9.81. The summed E-state index contributed by atoms with van der Waals surface area (Å²) in [6.07, 6.45) is 1.28. The molecule has 0 unspecified atom stereocenters. The zero-order valence-electron chi connectivity index (χ0n) is 9.81. The van der Waals surface area contributed by atoms with Gasteiger partial charge in [-0.25, -0.2) is 4.98 Å². The third-order valence-corrected chi connectivity index (χ3v) is 2.67. The van der Waals surface area contributed by atoms with Crippen LogP contribution >= 0.6 is 0 Å². The lowest BCUT2D eigenvalue weighted by Gasteiger charge is -2.07. The van der Waals surface area contributed by atoms with Gasteiger partial charge in [0.1, 0.15) is 5.82 Å². The maximum atomic E-state index is 11.0. The van der Waals surface area contributed by atoms with E-state index in [-0.39, 0.29) is 5.91 Å². The Hall–Kier alpha value is -2.10. The predicted molar refractivity (Wildman–Crippen MR) is 67.7 cm³/mol. The topological polar surface area (TPSA) is 46.9 Å². The molecule has 88 valence electrons. The Kier molecular flexibility index (Phi) is 3.23. The lowest BCUT2D eigenvalue weighted by molar-refractivity contribution is -0.116. The lowest BCUT2D eigenvalue weighted by Crippen LogP contribution is -2.25. The first kappa shape index (κ1) is 11.4. The Labute approximate surface area is 100.0 Å². The quantitative estimate of drug-likeness (QED) is 0.810. The van der Waals surface area contributed by atoms with Crippen molar-refractivity contribution in [2.45, 2.75) is 13.5 Å². The minimum Gasteiger partial charge on any atom is -0.351 e. The van der Waals surface area contributed by atoms with Gasteiger partial charge in [-0.15, -0.1) is 0 Å². The Morgan fingerprint density at radius 1 is 1.53 bits per heavy atom. The minimum absolute atomic E-state index is 0.146. The largest absolute Gasteiger partial charge is 0.351 e. The Balaban J connectivity index is 2.15. The normalized spacial score (nSPS) is 10.4. The molecular weight excluding hydrogens is 214 g/mol. The first-order valence-electron chi connectivity index (χ1n) is 5.54. The second-order valence-corrected chi connectivity index (χ2v) is 3.79. The monoisotopic (exact) mass is 229 g/mol. The number of para-hydroxylation sites is 2. The number of hydrogen-bond acceptors (Lipinski definition) is 2. The van der Waals surface area contributed by atoms with Crippen LogP contribution in [0.15, 0.2) is 36.9 Å². The highest BCUT2D eigenvalue weighted by Crippen LogP contribution is 2.14. The number of amides is 1. The van der Waals surface area contributed by atoms with Crippen molar-refractivity contribution in [3.05, 3.63) is 42.7 Å². The van der Waals surface area contributed by atoms with Gasteiger partial charge in [0, 0.05) is 13.1 Å². The van der Waals surface area contributed by atoms with Crippen LogP contribution in [0.2, 0.25) is 0 Å². The third kappa shape index (κ3) is 2.36. The second kappa shape index (κ2) is 4.82. The number of benzene rings is 1. The van der Waals surface area contributed by atoms with Gasteiger partial charge in [0.05, 0.1) is 11.0 Å². The Morgan fingerprint density at radius 3 is 3.06 bits per heavy atom. The molecule has 1 amide bonds. The molecular formula is C13H15N3O. The molecule has 0 radical (unpaired) electrons. The van der Waals surface area contributed by atoms with Crippen molar-refractivity contribution in [3.63, 3.8) is 0 Å². The van der Waals surface area contributed by atoms with Crippen LogP contribution in [0.5, 0.6) is 0 Å². The summed E-state index contributed by atoms with van der Waals surface area (Å²) in [6, 6.07) is 7.98. The zero-order chi connectivity index (χ0) is 12.3. The van der Waals surface area contributed by atoms with Crippen molar-refractivity contribution in [1.82, 2.24) is 14.9 Å². The first-order valence-corrected chi connectivity index (χ1v) is 5.54. The SMILES string of the molecule is C=CC(=O)NCCn1c(C)nc2ccccc21. The summed E-state index contributed by atoms with van der Waals surface area (Å²) < 4.78 is 2.10. The highest BCUT2D eigenvalue weighted by atomic mass is 16.1. The van der Waals surface area contributed by atoms with Crippen LogP contribution in [0.4, 0.5) is 0 Å². The van der Waals surface area contributed by atoms with Crippen LogP contribution in [-0.4, -0.2) is 22.0 Å². The van der Waals surface area contributed by atoms with Gasteiger partial charge in [-0.1, -0.05) is 18.7 Å². The van der Waals surface area contributed by atoms with Gasteiger partial charge in [0.15, 0.2) is 0 Å². The minimum atomic E-state index is -0.146. The smallest absolute Gasteiger partial charge is 0.243 e. The number of nitrogens with one attached hydrogen (secondary N) is 1. The van der Waals surface area contributed by atoms with Gasteiger partial charge in [-0.3, -0.25) is 4.79 Å². The average molecular weight is 229 g/mol. The van der Waals surface area contributed by atoms with Gasteiger partial charge in [-0.2, -0.15) is 0 Å². The Bertz CT molecular complexity index is 557. The number of rotatable bonds is 4. The van der Waals surface area contributed by atoms with Crippen LogP contribution < -0.4 is 5.32 Å². The van der Waals surface area contributed by atoms with Gasteiger partial charge in [-0.05, 0) is 25.1 Å². The van der Waals surface area contributed by atoms with E-state index in [1.807, 2.05) is 31.2 Å². The van der Waals surface area contributed by atoms with E-state index in [1.165, 1.54) is 6.08 Å². The van der Waals surface area contributed by atoms with Crippen LogP contribution in [0.25, 0.3) is 11.0 Å². The highest BCUT2D eigenvalue weighted by molar-refractivity contribution is 5.86. The summed E-state index contributed by atoms with van der Waals surface area (Å²) in [5.74, 6) is 0.811. The summed E-state index contributed by atoms with van der Waals surface area (Å²) in [5.41, 5.74) is 2.08. The fourth-order valence-electron chi connectivity index (χ4n) is 1.84. The molecule has 0 fully saturated rings. The van der Waals surface area contributed by atoms with Gasteiger partial charge >= 0.3 is 0 Å². The summed E-state index contributed by atoms with van der Waals surface area (Å²) >= 11 is 0.